The maximum absolute atomic E-state index is 12.8. The van der Waals surface area contributed by atoms with Crippen LogP contribution in [-0.2, 0) is 0 Å². The lowest BCUT2D eigenvalue weighted by Crippen LogP contribution is -2.10. The summed E-state index contributed by atoms with van der Waals surface area (Å²) in [4.78, 5) is 24.1. The highest BCUT2D eigenvalue weighted by atomic mass is 19.1. The average Bonchev–Trinajstić information content (AvgIpc) is 2.47. The Hall–Kier alpha value is -2.69. The van der Waals surface area contributed by atoms with Gasteiger partial charge in [0.25, 0.3) is 0 Å². The second-order valence-electron chi connectivity index (χ2n) is 4.38. The number of benzene rings is 2. The first-order chi connectivity index (χ1) is 10.0. The van der Waals surface area contributed by atoms with Crippen LogP contribution in [0.25, 0.3) is 0 Å². The van der Waals surface area contributed by atoms with Crippen LogP contribution in [0.15, 0.2) is 42.5 Å². The van der Waals surface area contributed by atoms with Crippen LogP contribution in [-0.4, -0.2) is 23.8 Å². The third kappa shape index (κ3) is 3.25. The van der Waals surface area contributed by atoms with Crippen LogP contribution in [0.1, 0.15) is 27.1 Å². The van der Waals surface area contributed by atoms with Gasteiger partial charge in [0.1, 0.15) is 22.9 Å². The van der Waals surface area contributed by atoms with Crippen molar-refractivity contribution in [2.75, 3.05) is 7.11 Å². The van der Waals surface area contributed by atoms with Crippen molar-refractivity contribution in [3.8, 4) is 11.5 Å². The van der Waals surface area contributed by atoms with Crippen molar-refractivity contribution < 1.29 is 23.8 Å². The Morgan fingerprint density at radius 1 is 1.10 bits per heavy atom. The van der Waals surface area contributed by atoms with Gasteiger partial charge in [0.2, 0.25) is 0 Å². The van der Waals surface area contributed by atoms with Gasteiger partial charge in [-0.25, -0.2) is 4.39 Å². The van der Waals surface area contributed by atoms with E-state index in [1.165, 1.54) is 37.4 Å². The molecule has 0 amide bonds. The summed E-state index contributed by atoms with van der Waals surface area (Å²) in [5.74, 6) is -1.51. The number of ether oxygens (including phenoxy) is 1. The predicted octanol–water partition coefficient (Wildman–Crippen LogP) is 3.00. The van der Waals surface area contributed by atoms with Crippen LogP contribution in [0.2, 0.25) is 0 Å². The molecule has 0 saturated heterocycles. The zero-order chi connectivity index (χ0) is 15.4. The van der Waals surface area contributed by atoms with E-state index in [0.717, 1.165) is 12.1 Å². The number of carbonyl (C=O) groups is 2. The van der Waals surface area contributed by atoms with Gasteiger partial charge in [-0.3, -0.25) is 9.59 Å². The number of halogens is 1. The number of phenolic OH excluding ortho intramolecular Hbond substituents is 1. The third-order valence-electron chi connectivity index (χ3n) is 2.99. The van der Waals surface area contributed by atoms with Crippen LogP contribution in [0.4, 0.5) is 4.39 Å². The lowest BCUT2D eigenvalue weighted by atomic mass is 10.00. The molecule has 0 saturated carbocycles. The fourth-order valence-corrected chi connectivity index (χ4v) is 1.94. The second kappa shape index (κ2) is 6.17. The van der Waals surface area contributed by atoms with Gasteiger partial charge >= 0.3 is 0 Å². The highest BCUT2D eigenvalue weighted by molar-refractivity contribution is 6.15. The fraction of sp³-hybridized carbons (Fsp3) is 0.125. The van der Waals surface area contributed by atoms with E-state index in [-0.39, 0.29) is 22.6 Å². The maximum Gasteiger partial charge on any atom is 0.178 e. The van der Waals surface area contributed by atoms with Crippen LogP contribution in [0.3, 0.4) is 0 Å². The van der Waals surface area contributed by atoms with E-state index in [2.05, 4.69) is 0 Å². The molecule has 0 bridgehead atoms. The highest BCUT2D eigenvalue weighted by Crippen LogP contribution is 2.28. The van der Waals surface area contributed by atoms with Gasteiger partial charge in [-0.2, -0.15) is 0 Å². The lowest BCUT2D eigenvalue weighted by Gasteiger charge is -2.09. The van der Waals surface area contributed by atoms with Crippen molar-refractivity contribution in [3.63, 3.8) is 0 Å². The Kier molecular flexibility index (Phi) is 4.33. The SMILES string of the molecule is COc1cccc(O)c1C(=O)CC(=O)c1ccc(F)cc1. The summed E-state index contributed by atoms with van der Waals surface area (Å²) in [7, 11) is 1.37. The largest absolute Gasteiger partial charge is 0.507 e. The Balaban J connectivity index is 2.22. The van der Waals surface area contributed by atoms with Crippen molar-refractivity contribution in [1.82, 2.24) is 0 Å². The maximum atomic E-state index is 12.8. The second-order valence-corrected chi connectivity index (χ2v) is 4.38. The zero-order valence-corrected chi connectivity index (χ0v) is 11.3. The molecule has 5 heteroatoms. The van der Waals surface area contributed by atoms with Gasteiger partial charge in [0, 0.05) is 5.56 Å². The van der Waals surface area contributed by atoms with E-state index in [1.54, 1.807) is 0 Å². The van der Waals surface area contributed by atoms with Crippen molar-refractivity contribution in [2.24, 2.45) is 0 Å². The van der Waals surface area contributed by atoms with E-state index >= 15 is 0 Å². The summed E-state index contributed by atoms with van der Waals surface area (Å²) in [5.41, 5.74) is 0.203. The molecule has 2 aromatic carbocycles. The summed E-state index contributed by atoms with van der Waals surface area (Å²) in [6, 6.07) is 9.33. The molecule has 0 aliphatic heterocycles. The molecule has 0 heterocycles. The van der Waals surface area contributed by atoms with Gasteiger partial charge in [0.15, 0.2) is 11.6 Å². The number of methoxy groups -OCH3 is 1. The number of aromatic hydroxyl groups is 1. The van der Waals surface area contributed by atoms with Crippen molar-refractivity contribution >= 4 is 11.6 Å². The minimum atomic E-state index is -0.556. The molecule has 0 radical (unpaired) electrons. The number of phenols is 1. The third-order valence-corrected chi connectivity index (χ3v) is 2.99. The minimum absolute atomic E-state index is 0.0320. The van der Waals surface area contributed by atoms with E-state index in [0.29, 0.717) is 0 Å². The molecule has 1 N–H and O–H groups in total. The summed E-state index contributed by atoms with van der Waals surface area (Å²) >= 11 is 0. The molecule has 4 nitrogen and oxygen atoms in total. The Morgan fingerprint density at radius 3 is 2.38 bits per heavy atom. The molecule has 2 aromatic rings. The van der Waals surface area contributed by atoms with Crippen molar-refractivity contribution in [3.05, 3.63) is 59.4 Å². The molecule has 21 heavy (non-hydrogen) atoms. The van der Waals surface area contributed by atoms with Gasteiger partial charge < -0.3 is 9.84 Å². The monoisotopic (exact) mass is 288 g/mol. The van der Waals surface area contributed by atoms with Crippen LogP contribution >= 0.6 is 0 Å². The van der Waals surface area contributed by atoms with Crippen molar-refractivity contribution in [1.29, 1.82) is 0 Å². The van der Waals surface area contributed by atoms with E-state index < -0.39 is 23.8 Å². The van der Waals surface area contributed by atoms with E-state index in [1.807, 2.05) is 0 Å². The number of Topliss-reactive ketones (excluding diaryl/α,β-unsaturated/α-hetero) is 2. The molecule has 0 unspecified atom stereocenters. The highest BCUT2D eigenvalue weighted by Gasteiger charge is 2.20. The van der Waals surface area contributed by atoms with Crippen LogP contribution < -0.4 is 4.74 Å². The topological polar surface area (TPSA) is 63.6 Å². The molecular weight excluding hydrogens is 275 g/mol. The average molecular weight is 288 g/mol. The van der Waals surface area contributed by atoms with Gasteiger partial charge in [-0.15, -0.1) is 0 Å². The number of ketones is 2. The minimum Gasteiger partial charge on any atom is -0.507 e. The van der Waals surface area contributed by atoms with Gasteiger partial charge in [-0.05, 0) is 36.4 Å². The molecule has 0 atom stereocenters. The summed E-state index contributed by atoms with van der Waals surface area (Å²) < 4.78 is 17.8. The quantitative estimate of drug-likeness (QED) is 0.678. The Labute approximate surface area is 120 Å². The summed E-state index contributed by atoms with van der Waals surface area (Å²) in [6.45, 7) is 0. The van der Waals surface area contributed by atoms with Crippen molar-refractivity contribution in [2.45, 2.75) is 6.42 Å². The van der Waals surface area contributed by atoms with E-state index in [4.69, 9.17) is 4.74 Å². The first-order valence-corrected chi connectivity index (χ1v) is 6.21. The number of rotatable bonds is 5. The van der Waals surface area contributed by atoms with E-state index in [9.17, 15) is 19.1 Å². The van der Waals surface area contributed by atoms with Gasteiger partial charge in [0.05, 0.1) is 13.5 Å². The lowest BCUT2D eigenvalue weighted by molar-refractivity contribution is 0.0891. The molecule has 0 spiro atoms. The number of hydrogen-bond acceptors (Lipinski definition) is 4. The standard InChI is InChI=1S/C16H13FO4/c1-21-15-4-2-3-12(18)16(15)14(20)9-13(19)10-5-7-11(17)8-6-10/h2-8,18H,9H2,1H3. The molecular formula is C16H13FO4. The normalized spacial score (nSPS) is 10.2. The molecule has 0 aliphatic carbocycles. The molecule has 0 aliphatic rings. The summed E-state index contributed by atoms with van der Waals surface area (Å²) in [6.07, 6.45) is -0.431. The number of carbonyl (C=O) groups excluding carboxylic acids is 2. The molecule has 0 fully saturated rings. The summed E-state index contributed by atoms with van der Waals surface area (Å²) in [5, 5.41) is 9.75. The van der Waals surface area contributed by atoms with Gasteiger partial charge in [-0.1, -0.05) is 6.07 Å². The predicted molar refractivity (Wildman–Crippen MR) is 74.3 cm³/mol. The van der Waals surface area contributed by atoms with Crippen LogP contribution in [0, 0.1) is 5.82 Å². The first kappa shape index (κ1) is 14.7. The Bertz CT molecular complexity index is 677. The smallest absolute Gasteiger partial charge is 0.178 e. The fourth-order valence-electron chi connectivity index (χ4n) is 1.94. The molecule has 0 aromatic heterocycles. The first-order valence-electron chi connectivity index (χ1n) is 6.21. The molecule has 2 rings (SSSR count). The molecule has 108 valence electrons. The van der Waals surface area contributed by atoms with Crippen LogP contribution in [0.5, 0.6) is 11.5 Å². The zero-order valence-electron chi connectivity index (χ0n) is 11.3. The number of hydrogen-bond donors (Lipinski definition) is 1. The Morgan fingerprint density at radius 2 is 1.76 bits per heavy atom.